The molecule has 11 heteroatoms. The Labute approximate surface area is 203 Å². The lowest BCUT2D eigenvalue weighted by Gasteiger charge is -2.31. The van der Waals surface area contributed by atoms with E-state index in [0.29, 0.717) is 36.8 Å². The number of hydrogen-bond donors (Lipinski definition) is 0. The van der Waals surface area contributed by atoms with Crippen LogP contribution in [-0.4, -0.2) is 42.1 Å². The molecule has 0 amide bonds. The van der Waals surface area contributed by atoms with Crippen LogP contribution in [-0.2, 0) is 44.1 Å². The van der Waals surface area contributed by atoms with Crippen molar-refractivity contribution in [3.8, 4) is 0 Å². The van der Waals surface area contributed by atoms with E-state index < -0.39 is 39.2 Å². The summed E-state index contributed by atoms with van der Waals surface area (Å²) in [4.78, 5) is 11.6. The van der Waals surface area contributed by atoms with Gasteiger partial charge in [-0.2, -0.15) is 22.6 Å². The van der Waals surface area contributed by atoms with Crippen LogP contribution < -0.4 is 0 Å². The van der Waals surface area contributed by atoms with E-state index in [0.717, 1.165) is 35.0 Å². The predicted molar refractivity (Wildman–Crippen MR) is 122 cm³/mol. The van der Waals surface area contributed by atoms with Gasteiger partial charge in [-0.1, -0.05) is 6.92 Å². The summed E-state index contributed by atoms with van der Waals surface area (Å²) in [5.74, 6) is -0.442. The maximum Gasteiger partial charge on any atom is 0.416 e. The minimum absolute atomic E-state index is 0.0809. The zero-order chi connectivity index (χ0) is 25.6. The number of esters is 1. The average Bonchev–Trinajstić information content (AvgIpc) is 3.52. The minimum atomic E-state index is -4.66. The van der Waals surface area contributed by atoms with E-state index in [2.05, 4.69) is 5.10 Å². The van der Waals surface area contributed by atoms with Crippen LogP contribution in [0.4, 0.5) is 13.2 Å². The molecule has 1 atom stereocenters. The molecule has 0 bridgehead atoms. The van der Waals surface area contributed by atoms with Crippen molar-refractivity contribution in [3.05, 3.63) is 46.8 Å². The van der Waals surface area contributed by atoms with Crippen molar-refractivity contribution in [1.29, 1.82) is 0 Å². The first-order valence-corrected chi connectivity index (χ1v) is 13.3. The maximum atomic E-state index is 13.7. The molecule has 1 aromatic carbocycles. The van der Waals surface area contributed by atoms with Gasteiger partial charge in [0.05, 0.1) is 29.3 Å². The first-order chi connectivity index (χ1) is 16.4. The van der Waals surface area contributed by atoms with Gasteiger partial charge in [-0.15, -0.1) is 0 Å². The number of carbonyl (C=O) groups excluding carboxylic acids is 1. The monoisotopic (exact) mass is 513 g/mol. The fourth-order valence-electron chi connectivity index (χ4n) is 4.99. The second-order valence-electron chi connectivity index (χ2n) is 9.32. The van der Waals surface area contributed by atoms with Crippen molar-refractivity contribution in [1.82, 2.24) is 14.1 Å². The molecule has 1 saturated carbocycles. The van der Waals surface area contributed by atoms with Crippen LogP contribution in [0.2, 0.25) is 0 Å². The van der Waals surface area contributed by atoms with Gasteiger partial charge in [0.1, 0.15) is 6.54 Å². The topological polar surface area (TPSA) is 81.5 Å². The summed E-state index contributed by atoms with van der Waals surface area (Å²) in [6, 6.07) is 2.63. The van der Waals surface area contributed by atoms with E-state index in [-0.39, 0.29) is 18.0 Å². The van der Waals surface area contributed by atoms with Gasteiger partial charge in [0.2, 0.25) is 10.0 Å². The highest BCUT2D eigenvalue weighted by Gasteiger charge is 2.45. The fraction of sp³-hybridized carbons (Fsp3) is 0.583. The van der Waals surface area contributed by atoms with E-state index >= 15 is 0 Å². The number of fused-ring (bicyclic) bond motifs is 1. The van der Waals surface area contributed by atoms with Crippen LogP contribution in [0.3, 0.4) is 0 Å². The summed E-state index contributed by atoms with van der Waals surface area (Å²) in [6.07, 6.45) is 0.781. The number of halogens is 3. The Hall–Kier alpha value is -2.40. The lowest BCUT2D eigenvalue weighted by Crippen LogP contribution is -2.34. The van der Waals surface area contributed by atoms with Crippen LogP contribution in [0.25, 0.3) is 0 Å². The summed E-state index contributed by atoms with van der Waals surface area (Å²) in [5.41, 5.74) is 0.479. The quantitative estimate of drug-likeness (QED) is 0.482. The molecule has 2 aliphatic rings. The number of rotatable bonds is 8. The van der Waals surface area contributed by atoms with E-state index in [1.807, 2.05) is 6.92 Å². The molecule has 7 nitrogen and oxygen atoms in total. The highest BCUT2D eigenvalue weighted by Crippen LogP contribution is 2.52. The van der Waals surface area contributed by atoms with Gasteiger partial charge in [0.15, 0.2) is 0 Å². The second kappa shape index (κ2) is 9.24. The summed E-state index contributed by atoms with van der Waals surface area (Å²) >= 11 is 0. The highest BCUT2D eigenvalue weighted by molar-refractivity contribution is 7.89. The zero-order valence-electron chi connectivity index (χ0n) is 20.1. The molecule has 1 heterocycles. The van der Waals surface area contributed by atoms with Crippen molar-refractivity contribution in [2.24, 2.45) is 0 Å². The number of sulfonamides is 1. The summed E-state index contributed by atoms with van der Waals surface area (Å²) in [7, 11) is -2.85. The number of hydrogen-bond acceptors (Lipinski definition) is 5. The van der Waals surface area contributed by atoms with Crippen molar-refractivity contribution >= 4 is 16.0 Å². The van der Waals surface area contributed by atoms with E-state index in [1.165, 1.54) is 24.0 Å². The third kappa shape index (κ3) is 4.84. The zero-order valence-corrected chi connectivity index (χ0v) is 20.9. The van der Waals surface area contributed by atoms with Gasteiger partial charge in [-0.05, 0) is 74.6 Å². The van der Waals surface area contributed by atoms with Crippen molar-refractivity contribution < 1.29 is 31.1 Å². The molecular formula is C24H30F3N3O4S. The van der Waals surface area contributed by atoms with Gasteiger partial charge in [-0.3, -0.25) is 9.48 Å². The number of ether oxygens (including phenoxy) is 1. The highest BCUT2D eigenvalue weighted by atomic mass is 32.2. The largest absolute Gasteiger partial charge is 0.465 e. The van der Waals surface area contributed by atoms with E-state index in [4.69, 9.17) is 4.74 Å². The van der Waals surface area contributed by atoms with Gasteiger partial charge < -0.3 is 4.74 Å². The van der Waals surface area contributed by atoms with Crippen LogP contribution in [0.15, 0.2) is 29.3 Å². The van der Waals surface area contributed by atoms with Crippen molar-refractivity contribution in [2.45, 2.75) is 81.4 Å². The molecule has 35 heavy (non-hydrogen) atoms. The maximum absolute atomic E-state index is 13.7. The Morgan fingerprint density at radius 1 is 1.26 bits per heavy atom. The third-order valence-corrected chi connectivity index (χ3v) is 9.15. The number of nitrogens with zero attached hydrogens (tertiary/aromatic N) is 3. The van der Waals surface area contributed by atoms with Crippen molar-refractivity contribution in [2.75, 3.05) is 13.7 Å². The Morgan fingerprint density at radius 3 is 2.57 bits per heavy atom. The van der Waals surface area contributed by atoms with Gasteiger partial charge in [-0.25, -0.2) is 8.42 Å². The van der Waals surface area contributed by atoms with Crippen LogP contribution in [0.5, 0.6) is 0 Å². The number of benzene rings is 1. The van der Waals surface area contributed by atoms with Gasteiger partial charge in [0.25, 0.3) is 0 Å². The summed E-state index contributed by atoms with van der Waals surface area (Å²) in [5, 5.41) is 4.27. The molecule has 0 saturated heterocycles. The molecule has 2 aliphatic carbocycles. The molecule has 0 aliphatic heterocycles. The van der Waals surface area contributed by atoms with E-state index in [1.54, 1.807) is 6.92 Å². The molecular weight excluding hydrogens is 483 g/mol. The molecule has 0 spiro atoms. The summed E-state index contributed by atoms with van der Waals surface area (Å²) in [6.45, 7) is 3.77. The number of carbonyl (C=O) groups is 1. The van der Waals surface area contributed by atoms with Crippen LogP contribution in [0.1, 0.15) is 74.4 Å². The standard InChI is InChI=1S/C24H30F3N3O4S/c1-4-23(9-10-23)16-11-17(24(25,26)27)13-18(12-16)35(32,33)29(3)20-7-6-8-21-19(20)14-28-30(21)15-22(31)34-5-2/h11-14,20H,4-10,15H2,1-3H3. The van der Waals surface area contributed by atoms with Crippen LogP contribution in [0, 0.1) is 0 Å². The molecule has 4 rings (SSSR count). The van der Waals surface area contributed by atoms with E-state index in [9.17, 15) is 26.4 Å². The Morgan fingerprint density at radius 2 is 1.97 bits per heavy atom. The number of aromatic nitrogens is 2. The molecule has 192 valence electrons. The fourth-order valence-corrected chi connectivity index (χ4v) is 6.43. The predicted octanol–water partition coefficient (Wildman–Crippen LogP) is 4.60. The smallest absolute Gasteiger partial charge is 0.416 e. The molecule has 0 N–H and O–H groups in total. The molecule has 0 radical (unpaired) electrons. The second-order valence-corrected chi connectivity index (χ2v) is 11.3. The van der Waals surface area contributed by atoms with Crippen LogP contribution >= 0.6 is 0 Å². The molecule has 1 unspecified atom stereocenters. The van der Waals surface area contributed by atoms with Gasteiger partial charge >= 0.3 is 12.1 Å². The first-order valence-electron chi connectivity index (χ1n) is 11.8. The molecule has 1 aromatic heterocycles. The molecule has 1 fully saturated rings. The molecule has 2 aromatic rings. The Balaban J connectivity index is 1.70. The first kappa shape index (κ1) is 25.7. The Kier molecular flexibility index (Phi) is 6.78. The Bertz CT molecular complexity index is 1220. The lowest BCUT2D eigenvalue weighted by atomic mass is 9.92. The number of alkyl halides is 3. The average molecular weight is 514 g/mol. The lowest BCUT2D eigenvalue weighted by molar-refractivity contribution is -0.144. The summed E-state index contributed by atoms with van der Waals surface area (Å²) < 4.78 is 76.0. The third-order valence-electron chi connectivity index (χ3n) is 7.31. The minimum Gasteiger partial charge on any atom is -0.465 e. The normalized spacial score (nSPS) is 19.5. The SMILES string of the molecule is CCOC(=O)Cn1ncc2c1CCCC2N(C)S(=O)(=O)c1cc(C(F)(F)F)cc(C2(CC)CC2)c1. The van der Waals surface area contributed by atoms with Gasteiger partial charge in [0, 0.05) is 18.3 Å². The van der Waals surface area contributed by atoms with Crippen molar-refractivity contribution in [3.63, 3.8) is 0 Å².